The molecule has 2 aromatic carbocycles. The molecule has 7 nitrogen and oxygen atoms in total. The minimum atomic E-state index is -4.37. The van der Waals surface area contributed by atoms with Crippen LogP contribution in [-0.4, -0.2) is 52.7 Å². The second-order valence-corrected chi connectivity index (χ2v) is 7.96. The van der Waals surface area contributed by atoms with Crippen LogP contribution in [0.3, 0.4) is 0 Å². The molecular formula is C22H24F3N5O2. The van der Waals surface area contributed by atoms with Gasteiger partial charge in [0.1, 0.15) is 0 Å². The molecule has 1 aliphatic heterocycles. The minimum Gasteiger partial charge on any atom is -0.369 e. The average molecular weight is 447 g/mol. The van der Waals surface area contributed by atoms with Crippen LogP contribution in [0.1, 0.15) is 5.56 Å². The smallest absolute Gasteiger partial charge is 0.369 e. The van der Waals surface area contributed by atoms with Crippen molar-refractivity contribution in [1.29, 1.82) is 0 Å². The maximum absolute atomic E-state index is 13.0. The van der Waals surface area contributed by atoms with E-state index in [-0.39, 0.29) is 18.1 Å². The molecule has 0 spiro atoms. The summed E-state index contributed by atoms with van der Waals surface area (Å²) in [5.74, 6) is -0.183. The van der Waals surface area contributed by atoms with Gasteiger partial charge in [-0.25, -0.2) is 4.79 Å². The number of fused-ring (bicyclic) bond motifs is 1. The van der Waals surface area contributed by atoms with Crippen LogP contribution in [0, 0.1) is 0 Å². The summed E-state index contributed by atoms with van der Waals surface area (Å²) in [6.45, 7) is 2.38. The molecule has 1 aliphatic rings. The Labute approximate surface area is 182 Å². The molecule has 2 heterocycles. The number of amides is 1. The molecule has 0 bridgehead atoms. The minimum absolute atomic E-state index is 0.137. The van der Waals surface area contributed by atoms with Crippen molar-refractivity contribution in [2.24, 2.45) is 14.1 Å². The third-order valence-electron chi connectivity index (χ3n) is 5.83. The van der Waals surface area contributed by atoms with E-state index in [0.29, 0.717) is 37.6 Å². The van der Waals surface area contributed by atoms with E-state index in [1.165, 1.54) is 10.6 Å². The number of carbonyl (C=O) groups excluding carboxylic acids is 1. The number of halogens is 3. The fourth-order valence-electron chi connectivity index (χ4n) is 4.03. The molecule has 32 heavy (non-hydrogen) atoms. The first-order valence-corrected chi connectivity index (χ1v) is 10.2. The Kier molecular flexibility index (Phi) is 5.72. The molecule has 0 radical (unpaired) electrons. The SMILES string of the molecule is Cn1c(=O)n(C)c2cc(NC(=O)CN3CCN(c4cccc(C(F)(F)F)c4)CC3)ccc21. The number of piperazine rings is 1. The number of rotatable bonds is 4. The molecule has 0 atom stereocenters. The highest BCUT2D eigenvalue weighted by Gasteiger charge is 2.31. The molecule has 0 saturated carbocycles. The number of anilines is 2. The lowest BCUT2D eigenvalue weighted by Gasteiger charge is -2.36. The zero-order chi connectivity index (χ0) is 23.0. The molecule has 1 amide bonds. The third kappa shape index (κ3) is 4.36. The predicted molar refractivity (Wildman–Crippen MR) is 117 cm³/mol. The van der Waals surface area contributed by atoms with E-state index >= 15 is 0 Å². The highest BCUT2D eigenvalue weighted by molar-refractivity contribution is 5.94. The van der Waals surface area contributed by atoms with Crippen LogP contribution < -0.4 is 15.9 Å². The Morgan fingerprint density at radius 3 is 2.34 bits per heavy atom. The van der Waals surface area contributed by atoms with Gasteiger partial charge in [-0.3, -0.25) is 18.8 Å². The Morgan fingerprint density at radius 1 is 0.969 bits per heavy atom. The maximum Gasteiger partial charge on any atom is 0.416 e. The van der Waals surface area contributed by atoms with Crippen LogP contribution in [0.15, 0.2) is 47.3 Å². The first-order chi connectivity index (χ1) is 15.1. The van der Waals surface area contributed by atoms with E-state index in [4.69, 9.17) is 0 Å². The van der Waals surface area contributed by atoms with Crippen molar-refractivity contribution in [3.63, 3.8) is 0 Å². The Balaban J connectivity index is 1.35. The van der Waals surface area contributed by atoms with E-state index in [9.17, 15) is 22.8 Å². The summed E-state index contributed by atoms with van der Waals surface area (Å²) in [5.41, 5.74) is 1.84. The normalized spacial score (nSPS) is 15.3. The van der Waals surface area contributed by atoms with Crippen LogP contribution in [0.4, 0.5) is 24.5 Å². The molecule has 1 N–H and O–H groups in total. The molecule has 4 rings (SSSR count). The number of nitrogens with zero attached hydrogens (tertiary/aromatic N) is 4. The molecule has 1 saturated heterocycles. The Hall–Kier alpha value is -3.27. The molecule has 0 aliphatic carbocycles. The lowest BCUT2D eigenvalue weighted by molar-refractivity contribution is -0.137. The Morgan fingerprint density at radius 2 is 1.66 bits per heavy atom. The molecule has 170 valence electrons. The lowest BCUT2D eigenvalue weighted by Crippen LogP contribution is -2.48. The van der Waals surface area contributed by atoms with Crippen LogP contribution in [-0.2, 0) is 25.1 Å². The van der Waals surface area contributed by atoms with Crippen LogP contribution in [0.2, 0.25) is 0 Å². The van der Waals surface area contributed by atoms with Gasteiger partial charge in [0.25, 0.3) is 0 Å². The van der Waals surface area contributed by atoms with Gasteiger partial charge in [-0.2, -0.15) is 13.2 Å². The summed E-state index contributed by atoms with van der Waals surface area (Å²) in [4.78, 5) is 28.4. The van der Waals surface area contributed by atoms with Crippen molar-refractivity contribution in [3.05, 3.63) is 58.5 Å². The largest absolute Gasteiger partial charge is 0.416 e. The van der Waals surface area contributed by atoms with Gasteiger partial charge in [0.2, 0.25) is 5.91 Å². The first-order valence-electron chi connectivity index (χ1n) is 10.2. The molecule has 1 aromatic heterocycles. The van der Waals surface area contributed by atoms with Crippen molar-refractivity contribution < 1.29 is 18.0 Å². The second-order valence-electron chi connectivity index (χ2n) is 7.96. The number of nitrogens with one attached hydrogen (secondary N) is 1. The summed E-state index contributed by atoms with van der Waals surface area (Å²) < 4.78 is 42.0. The fraction of sp³-hybridized carbons (Fsp3) is 0.364. The van der Waals surface area contributed by atoms with Crippen molar-refractivity contribution >= 4 is 28.3 Å². The van der Waals surface area contributed by atoms with Gasteiger partial charge in [0, 0.05) is 51.6 Å². The van der Waals surface area contributed by atoms with Gasteiger partial charge < -0.3 is 10.2 Å². The highest BCUT2D eigenvalue weighted by Crippen LogP contribution is 2.31. The maximum atomic E-state index is 13.0. The Bertz CT molecular complexity index is 1210. The van der Waals surface area contributed by atoms with E-state index in [1.807, 2.05) is 9.80 Å². The zero-order valence-electron chi connectivity index (χ0n) is 17.8. The summed E-state index contributed by atoms with van der Waals surface area (Å²) >= 11 is 0. The van der Waals surface area contributed by atoms with E-state index in [2.05, 4.69) is 5.32 Å². The van der Waals surface area contributed by atoms with Gasteiger partial charge in [0.05, 0.1) is 23.1 Å². The van der Waals surface area contributed by atoms with Crippen molar-refractivity contribution in [3.8, 4) is 0 Å². The lowest BCUT2D eigenvalue weighted by atomic mass is 10.1. The molecule has 0 unspecified atom stereocenters. The van der Waals surface area contributed by atoms with E-state index in [1.54, 1.807) is 42.9 Å². The number of hydrogen-bond donors (Lipinski definition) is 1. The number of imidazole rings is 1. The van der Waals surface area contributed by atoms with Gasteiger partial charge >= 0.3 is 11.9 Å². The van der Waals surface area contributed by atoms with Crippen molar-refractivity contribution in [2.45, 2.75) is 6.18 Å². The number of carbonyl (C=O) groups is 1. The fourth-order valence-corrected chi connectivity index (χ4v) is 4.03. The summed E-state index contributed by atoms with van der Waals surface area (Å²) in [6.07, 6.45) is -4.37. The monoisotopic (exact) mass is 447 g/mol. The van der Waals surface area contributed by atoms with Crippen molar-refractivity contribution in [2.75, 3.05) is 42.9 Å². The molecule has 10 heteroatoms. The van der Waals surface area contributed by atoms with E-state index in [0.717, 1.165) is 23.2 Å². The summed E-state index contributed by atoms with van der Waals surface area (Å²) in [6, 6.07) is 10.6. The standard InChI is InChI=1S/C22H24F3N5O2/c1-27-18-7-6-16(13-19(18)28(2)21(27)32)26-20(31)14-29-8-10-30(11-9-29)17-5-3-4-15(12-17)22(23,24)25/h3-7,12-13H,8-11,14H2,1-2H3,(H,26,31). The molecular weight excluding hydrogens is 423 g/mol. The highest BCUT2D eigenvalue weighted by atomic mass is 19.4. The van der Waals surface area contributed by atoms with Gasteiger partial charge in [-0.1, -0.05) is 6.07 Å². The number of alkyl halides is 3. The average Bonchev–Trinajstić information content (AvgIpc) is 2.97. The topological polar surface area (TPSA) is 62.5 Å². The number of aryl methyl sites for hydroxylation is 2. The van der Waals surface area contributed by atoms with Crippen LogP contribution in [0.5, 0.6) is 0 Å². The number of benzene rings is 2. The van der Waals surface area contributed by atoms with Crippen LogP contribution >= 0.6 is 0 Å². The van der Waals surface area contributed by atoms with Gasteiger partial charge in [-0.05, 0) is 36.4 Å². The quantitative estimate of drug-likeness (QED) is 0.668. The third-order valence-corrected chi connectivity index (χ3v) is 5.83. The van der Waals surface area contributed by atoms with Crippen LogP contribution in [0.25, 0.3) is 11.0 Å². The van der Waals surface area contributed by atoms with Crippen molar-refractivity contribution in [1.82, 2.24) is 14.0 Å². The molecule has 3 aromatic rings. The molecule has 1 fully saturated rings. The summed E-state index contributed by atoms with van der Waals surface area (Å²) in [5, 5.41) is 2.86. The predicted octanol–water partition coefficient (Wildman–Crippen LogP) is 2.66. The summed E-state index contributed by atoms with van der Waals surface area (Å²) in [7, 11) is 3.38. The first kappa shape index (κ1) is 21.9. The van der Waals surface area contributed by atoms with E-state index < -0.39 is 11.7 Å². The zero-order valence-corrected chi connectivity index (χ0v) is 17.8. The number of hydrogen-bond acceptors (Lipinski definition) is 4. The van der Waals surface area contributed by atoms with Gasteiger partial charge in [0.15, 0.2) is 0 Å². The van der Waals surface area contributed by atoms with Gasteiger partial charge in [-0.15, -0.1) is 0 Å². The number of aromatic nitrogens is 2. The second kappa shape index (κ2) is 8.34.